The Kier molecular flexibility index (Phi) is 4.02. The van der Waals surface area contributed by atoms with Crippen LogP contribution in [0.5, 0.6) is 0 Å². The lowest BCUT2D eigenvalue weighted by Gasteiger charge is -2.09. The van der Waals surface area contributed by atoms with Crippen molar-refractivity contribution < 1.29 is 18.3 Å². The van der Waals surface area contributed by atoms with Gasteiger partial charge in [-0.3, -0.25) is 4.72 Å². The van der Waals surface area contributed by atoms with Crippen LogP contribution >= 0.6 is 11.3 Å². The molecule has 0 spiro atoms. The number of rotatable bonds is 4. The predicted molar refractivity (Wildman–Crippen MR) is 80.5 cm³/mol. The third-order valence-corrected chi connectivity index (χ3v) is 5.57. The van der Waals surface area contributed by atoms with Crippen molar-refractivity contribution >= 4 is 32.5 Å². The molecule has 6 nitrogen and oxygen atoms in total. The molecule has 0 fully saturated rings. The molecule has 1 aromatic carbocycles. The van der Waals surface area contributed by atoms with Crippen molar-refractivity contribution in [3.05, 3.63) is 39.9 Å². The maximum atomic E-state index is 12.4. The topological polar surface area (TPSA) is 96.4 Å². The number of nitrogens with zero attached hydrogens (tertiary/aromatic N) is 1. The number of hydrogen-bond acceptors (Lipinski definition) is 5. The van der Waals surface area contributed by atoms with E-state index in [0.29, 0.717) is 5.56 Å². The van der Waals surface area contributed by atoms with E-state index < -0.39 is 16.0 Å². The lowest BCUT2D eigenvalue weighted by atomic mass is 10.1. The summed E-state index contributed by atoms with van der Waals surface area (Å²) in [4.78, 5) is 16.0. The number of hydrogen-bond donors (Lipinski definition) is 2. The van der Waals surface area contributed by atoms with Crippen molar-refractivity contribution in [2.45, 2.75) is 25.7 Å². The van der Waals surface area contributed by atoms with Crippen molar-refractivity contribution in [3.8, 4) is 0 Å². The molecule has 1 heterocycles. The van der Waals surface area contributed by atoms with Gasteiger partial charge in [0.1, 0.15) is 0 Å². The van der Waals surface area contributed by atoms with Gasteiger partial charge in [-0.25, -0.2) is 18.2 Å². The smallest absolute Gasteiger partial charge is 0.335 e. The molecule has 0 aliphatic carbocycles. The third-order valence-electron chi connectivity index (χ3n) is 2.97. The Balaban J connectivity index is 2.44. The summed E-state index contributed by atoms with van der Waals surface area (Å²) in [5, 5.41) is 9.24. The molecular formula is C13H14N2O4S2. The molecule has 2 N–H and O–H groups in total. The molecule has 0 unspecified atom stereocenters. The molecule has 21 heavy (non-hydrogen) atoms. The van der Waals surface area contributed by atoms with Crippen molar-refractivity contribution in [1.82, 2.24) is 4.98 Å². The van der Waals surface area contributed by atoms with Crippen LogP contribution in [0, 0.1) is 20.8 Å². The molecule has 0 radical (unpaired) electrons. The zero-order valence-electron chi connectivity index (χ0n) is 11.7. The largest absolute Gasteiger partial charge is 0.478 e. The van der Waals surface area contributed by atoms with Crippen LogP contribution in [0.15, 0.2) is 23.1 Å². The monoisotopic (exact) mass is 326 g/mol. The van der Waals surface area contributed by atoms with Gasteiger partial charge in [-0.15, -0.1) is 11.3 Å². The van der Waals surface area contributed by atoms with Crippen molar-refractivity contribution in [1.29, 1.82) is 0 Å². The van der Waals surface area contributed by atoms with Crippen LogP contribution in [0.25, 0.3) is 0 Å². The molecule has 0 bridgehead atoms. The van der Waals surface area contributed by atoms with Gasteiger partial charge in [0.15, 0.2) is 5.13 Å². The molecule has 8 heteroatoms. The highest BCUT2D eigenvalue weighted by atomic mass is 32.2. The number of carbonyl (C=O) groups is 1. The molecule has 0 aliphatic rings. The van der Waals surface area contributed by atoms with E-state index in [1.54, 1.807) is 13.8 Å². The number of nitrogens with one attached hydrogen (secondary N) is 1. The zero-order valence-corrected chi connectivity index (χ0v) is 13.3. The summed E-state index contributed by atoms with van der Waals surface area (Å²) < 4.78 is 27.2. The van der Waals surface area contributed by atoms with E-state index in [-0.39, 0.29) is 15.6 Å². The fraction of sp³-hybridized carbons (Fsp3) is 0.231. The Morgan fingerprint density at radius 3 is 2.48 bits per heavy atom. The average molecular weight is 326 g/mol. The number of thiazole rings is 1. The first-order valence-electron chi connectivity index (χ1n) is 6.01. The molecular weight excluding hydrogens is 312 g/mol. The number of benzene rings is 1. The molecule has 0 aliphatic heterocycles. The second kappa shape index (κ2) is 5.45. The fourth-order valence-corrected chi connectivity index (χ4v) is 4.03. The van der Waals surface area contributed by atoms with Crippen LogP contribution in [0.1, 0.15) is 26.5 Å². The Hall–Kier alpha value is -1.93. The molecule has 2 rings (SSSR count). The zero-order chi connectivity index (χ0) is 15.8. The maximum Gasteiger partial charge on any atom is 0.335 e. The number of anilines is 1. The first-order chi connectivity index (χ1) is 9.70. The van der Waals surface area contributed by atoms with Gasteiger partial charge in [0.2, 0.25) is 0 Å². The minimum absolute atomic E-state index is 0.0621. The normalized spacial score (nSPS) is 11.4. The van der Waals surface area contributed by atoms with Gasteiger partial charge in [0, 0.05) is 4.88 Å². The van der Waals surface area contributed by atoms with E-state index in [0.717, 1.165) is 16.6 Å². The number of sulfonamides is 1. The highest BCUT2D eigenvalue weighted by Gasteiger charge is 2.20. The summed E-state index contributed by atoms with van der Waals surface area (Å²) in [5.74, 6) is -1.17. The first-order valence-corrected chi connectivity index (χ1v) is 8.31. The van der Waals surface area contributed by atoms with Gasteiger partial charge >= 0.3 is 5.97 Å². The molecule has 0 atom stereocenters. The van der Waals surface area contributed by atoms with E-state index in [1.807, 2.05) is 6.92 Å². The number of carboxylic acid groups (broad SMARTS) is 1. The van der Waals surface area contributed by atoms with Crippen LogP contribution in [-0.2, 0) is 10.0 Å². The van der Waals surface area contributed by atoms with Crippen molar-refractivity contribution in [2.24, 2.45) is 0 Å². The van der Waals surface area contributed by atoms with E-state index in [2.05, 4.69) is 9.71 Å². The summed E-state index contributed by atoms with van der Waals surface area (Å²) >= 11 is 1.23. The summed E-state index contributed by atoms with van der Waals surface area (Å²) in [7, 11) is -3.87. The van der Waals surface area contributed by atoms with E-state index in [4.69, 9.17) is 5.11 Å². The second-order valence-corrected chi connectivity index (χ2v) is 7.41. The highest BCUT2D eigenvalue weighted by Crippen LogP contribution is 2.25. The van der Waals surface area contributed by atoms with Crippen molar-refractivity contribution in [3.63, 3.8) is 0 Å². The fourth-order valence-electron chi connectivity index (χ4n) is 1.71. The summed E-state index contributed by atoms with van der Waals surface area (Å²) in [6.45, 7) is 5.25. The molecule has 1 aromatic heterocycles. The lowest BCUT2D eigenvalue weighted by Crippen LogP contribution is -2.15. The first kappa shape index (κ1) is 15.5. The quantitative estimate of drug-likeness (QED) is 0.900. The Bertz CT molecular complexity index is 790. The third kappa shape index (κ3) is 3.22. The van der Waals surface area contributed by atoms with E-state index in [1.165, 1.54) is 23.5 Å². The lowest BCUT2D eigenvalue weighted by molar-refractivity contribution is 0.0696. The summed E-state index contributed by atoms with van der Waals surface area (Å²) in [6, 6.07) is 3.98. The van der Waals surface area contributed by atoms with Crippen LogP contribution in [0.3, 0.4) is 0 Å². The van der Waals surface area contributed by atoms with Gasteiger partial charge in [-0.05, 0) is 38.5 Å². The Morgan fingerprint density at radius 1 is 1.29 bits per heavy atom. The van der Waals surface area contributed by atoms with Gasteiger partial charge in [0.25, 0.3) is 10.0 Å². The second-order valence-electron chi connectivity index (χ2n) is 4.55. The van der Waals surface area contributed by atoms with Crippen LogP contribution < -0.4 is 4.72 Å². The molecule has 0 saturated heterocycles. The van der Waals surface area contributed by atoms with Crippen LogP contribution in [-0.4, -0.2) is 24.5 Å². The van der Waals surface area contributed by atoms with Crippen molar-refractivity contribution in [2.75, 3.05) is 4.72 Å². The van der Waals surface area contributed by atoms with Crippen LogP contribution in [0.4, 0.5) is 5.13 Å². The minimum atomic E-state index is -3.87. The average Bonchev–Trinajstić information content (AvgIpc) is 2.67. The van der Waals surface area contributed by atoms with Gasteiger partial charge in [-0.2, -0.15) is 0 Å². The molecule has 0 amide bonds. The van der Waals surface area contributed by atoms with Gasteiger partial charge in [-0.1, -0.05) is 6.07 Å². The molecule has 112 valence electrons. The minimum Gasteiger partial charge on any atom is -0.478 e. The SMILES string of the molecule is Cc1ccc(C(=O)O)cc1S(=O)(=O)Nc1nc(C)c(C)s1. The van der Waals surface area contributed by atoms with E-state index in [9.17, 15) is 13.2 Å². The van der Waals surface area contributed by atoms with E-state index >= 15 is 0 Å². The standard InChI is InChI=1S/C13H14N2O4S2/c1-7-4-5-10(12(16)17)6-11(7)21(18,19)15-13-14-8(2)9(3)20-13/h4-6H,1-3H3,(H,14,15)(H,16,17). The number of aryl methyl sites for hydroxylation is 3. The maximum absolute atomic E-state index is 12.4. The number of carboxylic acids is 1. The number of aromatic carboxylic acids is 1. The summed E-state index contributed by atoms with van der Waals surface area (Å²) in [5.41, 5.74) is 1.15. The highest BCUT2D eigenvalue weighted by molar-refractivity contribution is 7.93. The summed E-state index contributed by atoms with van der Waals surface area (Å²) in [6.07, 6.45) is 0. The Labute approximate surface area is 126 Å². The van der Waals surface area contributed by atoms with Gasteiger partial charge < -0.3 is 5.11 Å². The van der Waals surface area contributed by atoms with Gasteiger partial charge in [0.05, 0.1) is 16.2 Å². The molecule has 2 aromatic rings. The molecule has 0 saturated carbocycles. The number of aromatic nitrogens is 1. The predicted octanol–water partition coefficient (Wildman–Crippen LogP) is 2.57. The Morgan fingerprint density at radius 2 is 1.95 bits per heavy atom. The van der Waals surface area contributed by atoms with Crippen LogP contribution in [0.2, 0.25) is 0 Å².